The summed E-state index contributed by atoms with van der Waals surface area (Å²) in [5.41, 5.74) is 2.97. The molecule has 2 fully saturated rings. The maximum atomic E-state index is 6.22. The summed E-state index contributed by atoms with van der Waals surface area (Å²) in [6.45, 7) is 10.9. The van der Waals surface area contributed by atoms with Gasteiger partial charge in [-0.3, -0.25) is 14.9 Å². The molecule has 0 spiro atoms. The van der Waals surface area contributed by atoms with Gasteiger partial charge in [-0.1, -0.05) is 6.92 Å². The minimum Gasteiger partial charge on any atom is -0.346 e. The molecule has 0 unspecified atom stereocenters. The molecule has 3 aliphatic rings. The Morgan fingerprint density at radius 1 is 1.36 bits per heavy atom. The first kappa shape index (κ1) is 19.4. The number of aromatic nitrogens is 1. The maximum absolute atomic E-state index is 6.22. The number of nitrogens with zero attached hydrogens (tertiary/aromatic N) is 5. The highest BCUT2D eigenvalue weighted by Crippen LogP contribution is 2.40. The zero-order chi connectivity index (χ0) is 19.7. The molecule has 1 saturated carbocycles. The summed E-state index contributed by atoms with van der Waals surface area (Å²) in [5, 5.41) is 1.59. The summed E-state index contributed by atoms with van der Waals surface area (Å²) in [6, 6.07) is 2.77. The Balaban J connectivity index is 1.37. The Morgan fingerprint density at radius 2 is 2.11 bits per heavy atom. The summed E-state index contributed by atoms with van der Waals surface area (Å²) in [4.78, 5) is 17.0. The molecule has 0 radical (unpaired) electrons. The van der Waals surface area contributed by atoms with Gasteiger partial charge >= 0.3 is 0 Å². The van der Waals surface area contributed by atoms with Crippen LogP contribution >= 0.6 is 0 Å². The van der Waals surface area contributed by atoms with E-state index in [1.54, 1.807) is 11.3 Å². The number of nitrogens with one attached hydrogen (secondary N) is 1. The molecule has 0 bridgehead atoms. The highest BCUT2D eigenvalue weighted by atomic mass is 15.4. The van der Waals surface area contributed by atoms with Gasteiger partial charge in [0.1, 0.15) is 12.2 Å². The second kappa shape index (κ2) is 8.19. The van der Waals surface area contributed by atoms with E-state index < -0.39 is 0 Å². The molecule has 152 valence electrons. The molecule has 3 N–H and O–H groups in total. The van der Waals surface area contributed by atoms with Crippen molar-refractivity contribution in [1.29, 1.82) is 0 Å². The lowest BCUT2D eigenvalue weighted by Crippen LogP contribution is -2.59. The molecule has 0 amide bonds. The van der Waals surface area contributed by atoms with Gasteiger partial charge in [-0.05, 0) is 58.0 Å². The summed E-state index contributed by atoms with van der Waals surface area (Å²) in [5.74, 6) is 8.27. The van der Waals surface area contributed by atoms with Crippen LogP contribution in [0.4, 0.5) is 5.82 Å². The van der Waals surface area contributed by atoms with Crippen molar-refractivity contribution in [3.8, 4) is 0 Å². The van der Waals surface area contributed by atoms with Crippen LogP contribution in [0.15, 0.2) is 27.9 Å². The Morgan fingerprint density at radius 3 is 2.79 bits per heavy atom. The van der Waals surface area contributed by atoms with Crippen molar-refractivity contribution in [3.63, 3.8) is 0 Å². The molecule has 1 aromatic rings. The first-order valence-corrected chi connectivity index (χ1v) is 10.5. The van der Waals surface area contributed by atoms with Gasteiger partial charge in [0.25, 0.3) is 0 Å². The van der Waals surface area contributed by atoms with E-state index in [4.69, 9.17) is 5.84 Å². The molecule has 1 aromatic heterocycles. The lowest BCUT2D eigenvalue weighted by atomic mass is 9.79. The highest BCUT2D eigenvalue weighted by Gasteiger charge is 2.33. The summed E-state index contributed by atoms with van der Waals surface area (Å²) in [7, 11) is 2.23. The summed E-state index contributed by atoms with van der Waals surface area (Å²) < 4.78 is 0. The van der Waals surface area contributed by atoms with Crippen molar-refractivity contribution in [1.82, 2.24) is 19.8 Å². The van der Waals surface area contributed by atoms with E-state index in [-0.39, 0.29) is 0 Å². The van der Waals surface area contributed by atoms with E-state index in [0.29, 0.717) is 5.92 Å². The number of nitrogens with two attached hydrogens (primary N) is 1. The molecule has 2 aliphatic heterocycles. The van der Waals surface area contributed by atoms with Gasteiger partial charge in [0.05, 0.1) is 11.4 Å². The van der Waals surface area contributed by atoms with Crippen LogP contribution in [0.3, 0.4) is 0 Å². The average molecular weight is 384 g/mol. The number of hydrazine groups is 1. The topological polar surface area (TPSA) is 76.2 Å². The minimum atomic E-state index is 0.416. The molecule has 1 aliphatic carbocycles. The summed E-state index contributed by atoms with van der Waals surface area (Å²) in [6.07, 6.45) is 8.35. The second-order valence-electron chi connectivity index (χ2n) is 8.45. The third-order valence-electron chi connectivity index (χ3n) is 6.77. The van der Waals surface area contributed by atoms with Gasteiger partial charge in [0.15, 0.2) is 0 Å². The molecule has 3 heterocycles. The normalized spacial score (nSPS) is 27.6. The fourth-order valence-electron chi connectivity index (χ4n) is 4.86. The van der Waals surface area contributed by atoms with E-state index in [1.165, 1.54) is 32.5 Å². The Hall–Kier alpha value is -1.96. The first-order chi connectivity index (χ1) is 13.6. The van der Waals surface area contributed by atoms with Crippen molar-refractivity contribution in [2.75, 3.05) is 33.2 Å². The highest BCUT2D eigenvalue weighted by molar-refractivity contribution is 5.87. The van der Waals surface area contributed by atoms with Crippen LogP contribution in [0.5, 0.6) is 0 Å². The van der Waals surface area contributed by atoms with Gasteiger partial charge in [-0.25, -0.2) is 10.8 Å². The summed E-state index contributed by atoms with van der Waals surface area (Å²) >= 11 is 0. The smallest absolute Gasteiger partial charge is 0.141 e. The van der Waals surface area contributed by atoms with Crippen LogP contribution in [0.1, 0.15) is 38.2 Å². The Labute approximate surface area is 168 Å². The number of likely N-dealkylation sites (tertiary alicyclic amines) is 1. The molecule has 4 rings (SSSR count). The average Bonchev–Trinajstić information content (AvgIpc) is 3.15. The lowest BCUT2D eigenvalue weighted by Gasteiger charge is -2.46. The lowest BCUT2D eigenvalue weighted by molar-refractivity contribution is 0.0339. The fourth-order valence-corrected chi connectivity index (χ4v) is 4.86. The second-order valence-corrected chi connectivity index (χ2v) is 8.45. The zero-order valence-electron chi connectivity index (χ0n) is 17.1. The number of hydrogen-bond donors (Lipinski definition) is 2. The van der Waals surface area contributed by atoms with Crippen LogP contribution < -0.4 is 5.84 Å². The van der Waals surface area contributed by atoms with Crippen molar-refractivity contribution < 1.29 is 0 Å². The van der Waals surface area contributed by atoms with Crippen molar-refractivity contribution in [3.05, 3.63) is 23.5 Å². The maximum Gasteiger partial charge on any atom is 0.141 e. The molecular weight excluding hydrogens is 350 g/mol. The Kier molecular flexibility index (Phi) is 5.66. The van der Waals surface area contributed by atoms with Crippen LogP contribution in [-0.4, -0.2) is 72.1 Å². The van der Waals surface area contributed by atoms with E-state index in [9.17, 15) is 0 Å². The van der Waals surface area contributed by atoms with Gasteiger partial charge < -0.3 is 9.88 Å². The number of rotatable bonds is 6. The van der Waals surface area contributed by atoms with Crippen LogP contribution in [0.2, 0.25) is 0 Å². The molecular formula is C21H33N7. The molecule has 0 atom stereocenters. The SMILES string of the molecule is C=N/C(=C1/c2cc[nH]c2N=CN1N)[C@H]1CC[C@H](CN2CC(N(C)CC)C2)CC1. The van der Waals surface area contributed by atoms with E-state index in [0.717, 1.165) is 54.1 Å². The fraction of sp³-hybridized carbons (Fsp3) is 0.619. The van der Waals surface area contributed by atoms with Gasteiger partial charge in [-0.15, -0.1) is 0 Å². The van der Waals surface area contributed by atoms with E-state index in [1.807, 2.05) is 12.3 Å². The van der Waals surface area contributed by atoms with Crippen LogP contribution in [-0.2, 0) is 0 Å². The van der Waals surface area contributed by atoms with Crippen molar-refractivity contribution in [2.45, 2.75) is 38.6 Å². The third-order valence-corrected chi connectivity index (χ3v) is 6.77. The standard InChI is InChI=1S/C21H33N7/c1-4-26(3)17-12-27(13-17)11-15-5-7-16(8-6-15)19(23-2)20-18-9-10-24-21(18)25-14-28(20)22/h9-10,14-17,24H,2,4-8,11-13,22H2,1,3H3/b20-19-/t15-,16-. The largest absolute Gasteiger partial charge is 0.346 e. The van der Waals surface area contributed by atoms with E-state index in [2.05, 4.69) is 45.5 Å². The zero-order valence-corrected chi connectivity index (χ0v) is 17.1. The number of aliphatic imine (C=N–C) groups is 2. The molecule has 0 aromatic carbocycles. The van der Waals surface area contributed by atoms with E-state index >= 15 is 0 Å². The minimum absolute atomic E-state index is 0.416. The van der Waals surface area contributed by atoms with Crippen LogP contribution in [0, 0.1) is 11.8 Å². The first-order valence-electron chi connectivity index (χ1n) is 10.5. The number of fused-ring (bicyclic) bond motifs is 1. The molecule has 7 nitrogen and oxygen atoms in total. The number of likely N-dealkylation sites (N-methyl/N-ethyl adjacent to an activating group) is 1. The third kappa shape index (κ3) is 3.66. The predicted octanol–water partition coefficient (Wildman–Crippen LogP) is 2.68. The molecule has 28 heavy (non-hydrogen) atoms. The number of allylic oxidation sites excluding steroid dienone is 1. The predicted molar refractivity (Wildman–Crippen MR) is 115 cm³/mol. The van der Waals surface area contributed by atoms with Gasteiger partial charge in [0, 0.05) is 43.4 Å². The quantitative estimate of drug-likeness (QED) is 0.585. The van der Waals surface area contributed by atoms with Gasteiger partial charge in [0.2, 0.25) is 0 Å². The molecule has 1 saturated heterocycles. The number of aromatic amines is 1. The van der Waals surface area contributed by atoms with Crippen molar-refractivity contribution >= 4 is 24.6 Å². The monoisotopic (exact) mass is 383 g/mol. The van der Waals surface area contributed by atoms with Gasteiger partial charge in [-0.2, -0.15) is 0 Å². The van der Waals surface area contributed by atoms with Crippen molar-refractivity contribution in [2.24, 2.45) is 27.7 Å². The number of H-pyrrole nitrogens is 1. The molecule has 7 heteroatoms. The Bertz CT molecular complexity index is 751. The van der Waals surface area contributed by atoms with Crippen LogP contribution in [0.25, 0.3) is 5.70 Å². The number of hydrogen-bond acceptors (Lipinski definition) is 6.